The smallest absolute Gasteiger partial charge is 0.352 e. The van der Waals surface area contributed by atoms with Crippen molar-refractivity contribution < 1.29 is 21.6 Å². The number of halogens is 5. The third kappa shape index (κ3) is 5.08. The fourth-order valence-electron chi connectivity index (χ4n) is 3.46. The van der Waals surface area contributed by atoms with E-state index in [1.54, 1.807) is 30.3 Å². The molecule has 0 unspecified atom stereocenters. The zero-order chi connectivity index (χ0) is 23.8. The molecule has 2 heterocycles. The highest BCUT2D eigenvalue weighted by molar-refractivity contribution is 7.89. The molecule has 2 aromatic carbocycles. The lowest BCUT2D eigenvalue weighted by atomic mass is 10.1. The van der Waals surface area contributed by atoms with Crippen molar-refractivity contribution in [3.8, 4) is 11.3 Å². The summed E-state index contributed by atoms with van der Waals surface area (Å²) < 4.78 is 65.1. The molecule has 0 N–H and O–H groups in total. The van der Waals surface area contributed by atoms with Crippen molar-refractivity contribution in [2.24, 2.45) is 0 Å². The fourth-order valence-corrected chi connectivity index (χ4v) is 5.38. The summed E-state index contributed by atoms with van der Waals surface area (Å²) in [6.07, 6.45) is -4.52. The van der Waals surface area contributed by atoms with E-state index in [-0.39, 0.29) is 18.0 Å². The van der Waals surface area contributed by atoms with Gasteiger partial charge in [0, 0.05) is 36.8 Å². The molecule has 1 aliphatic rings. The number of aromatic nitrogens is 2. The molecular weight excluding hydrogens is 500 g/mol. The first-order chi connectivity index (χ1) is 15.6. The van der Waals surface area contributed by atoms with Crippen LogP contribution in [0.15, 0.2) is 59.5 Å². The number of anilines is 1. The summed E-state index contributed by atoms with van der Waals surface area (Å²) in [4.78, 5) is 1.71. The van der Waals surface area contributed by atoms with Crippen LogP contribution in [0.25, 0.3) is 11.3 Å². The van der Waals surface area contributed by atoms with Gasteiger partial charge in [0.2, 0.25) is 10.0 Å². The number of piperazine rings is 1. The molecule has 1 saturated heterocycles. The predicted molar refractivity (Wildman–Crippen MR) is 120 cm³/mol. The highest BCUT2D eigenvalue weighted by Gasteiger charge is 2.32. The molecule has 0 amide bonds. The fraction of sp³-hybridized carbons (Fsp3) is 0.238. The maximum atomic E-state index is 12.8. The van der Waals surface area contributed by atoms with Gasteiger partial charge in [-0.2, -0.15) is 17.5 Å². The second-order valence-corrected chi connectivity index (χ2v) is 10.1. The van der Waals surface area contributed by atoms with Crippen molar-refractivity contribution in [3.05, 3.63) is 70.2 Å². The number of sulfonamides is 1. The second kappa shape index (κ2) is 9.09. The van der Waals surface area contributed by atoms with Gasteiger partial charge >= 0.3 is 6.18 Å². The lowest BCUT2D eigenvalue weighted by molar-refractivity contribution is -0.137. The Morgan fingerprint density at radius 3 is 2.06 bits per heavy atom. The summed E-state index contributed by atoms with van der Waals surface area (Å²) >= 11 is 12.1. The van der Waals surface area contributed by atoms with E-state index in [1.807, 2.05) is 4.90 Å². The summed E-state index contributed by atoms with van der Waals surface area (Å²) in [6.45, 7) is 1.04. The maximum absolute atomic E-state index is 12.8. The number of hydrogen-bond donors (Lipinski definition) is 0. The lowest BCUT2D eigenvalue weighted by Gasteiger charge is -2.34. The highest BCUT2D eigenvalue weighted by atomic mass is 35.5. The van der Waals surface area contributed by atoms with Gasteiger partial charge in [-0.25, -0.2) is 8.42 Å². The Kier molecular flexibility index (Phi) is 6.54. The van der Waals surface area contributed by atoms with Gasteiger partial charge in [-0.15, -0.1) is 10.2 Å². The molecule has 174 valence electrons. The Bertz CT molecular complexity index is 1250. The molecule has 33 heavy (non-hydrogen) atoms. The second-order valence-electron chi connectivity index (χ2n) is 7.31. The number of benzene rings is 2. The molecular formula is C21H17Cl2F3N4O2S. The van der Waals surface area contributed by atoms with Crippen molar-refractivity contribution in [1.82, 2.24) is 14.5 Å². The first-order valence-corrected chi connectivity index (χ1v) is 12.0. The molecule has 0 saturated carbocycles. The van der Waals surface area contributed by atoms with Crippen molar-refractivity contribution in [2.45, 2.75) is 11.1 Å². The third-order valence-electron chi connectivity index (χ3n) is 5.24. The minimum atomic E-state index is -4.52. The Morgan fingerprint density at radius 2 is 1.52 bits per heavy atom. The molecule has 4 rings (SSSR count). The largest absolute Gasteiger partial charge is 0.416 e. The van der Waals surface area contributed by atoms with E-state index in [4.69, 9.17) is 23.2 Å². The zero-order valence-corrected chi connectivity index (χ0v) is 19.3. The van der Waals surface area contributed by atoms with Gasteiger partial charge in [-0.3, -0.25) is 0 Å². The van der Waals surface area contributed by atoms with E-state index in [1.165, 1.54) is 4.31 Å². The summed E-state index contributed by atoms with van der Waals surface area (Å²) in [6, 6.07) is 12.1. The monoisotopic (exact) mass is 516 g/mol. The molecule has 0 aliphatic carbocycles. The zero-order valence-electron chi connectivity index (χ0n) is 16.9. The minimum absolute atomic E-state index is 0.162. The standard InChI is InChI=1S/C21H17Cl2F3N4O2S/c22-15-3-6-17(18(23)13-15)19-7-8-20(28-27-19)29-9-11-30(12-10-29)33(31,32)16-4-1-14(2-5-16)21(24,25)26/h1-8,13H,9-12H2. The van der Waals surface area contributed by atoms with Crippen LogP contribution in [-0.4, -0.2) is 49.1 Å². The van der Waals surface area contributed by atoms with Crippen molar-refractivity contribution in [3.63, 3.8) is 0 Å². The van der Waals surface area contributed by atoms with Crippen molar-refractivity contribution in [1.29, 1.82) is 0 Å². The van der Waals surface area contributed by atoms with Gasteiger partial charge in [-0.05, 0) is 54.6 Å². The third-order valence-corrected chi connectivity index (χ3v) is 7.70. The van der Waals surface area contributed by atoms with Crippen LogP contribution in [0.3, 0.4) is 0 Å². The first kappa shape index (κ1) is 23.7. The normalized spacial score (nSPS) is 15.6. The van der Waals surface area contributed by atoms with Crippen LogP contribution in [0.1, 0.15) is 5.56 Å². The quantitative estimate of drug-likeness (QED) is 0.489. The predicted octanol–water partition coefficient (Wildman–Crippen LogP) is 4.98. The van der Waals surface area contributed by atoms with E-state index < -0.39 is 21.8 Å². The van der Waals surface area contributed by atoms with E-state index in [0.717, 1.165) is 24.3 Å². The van der Waals surface area contributed by atoms with Crippen molar-refractivity contribution in [2.75, 3.05) is 31.1 Å². The molecule has 1 fully saturated rings. The Hall–Kier alpha value is -2.40. The molecule has 0 bridgehead atoms. The van der Waals surface area contributed by atoms with Crippen LogP contribution in [0.2, 0.25) is 10.0 Å². The Morgan fingerprint density at radius 1 is 0.848 bits per heavy atom. The number of rotatable bonds is 4. The summed E-state index contributed by atoms with van der Waals surface area (Å²) in [7, 11) is -3.90. The molecule has 12 heteroatoms. The van der Waals surface area contributed by atoms with Gasteiger partial charge in [0.25, 0.3) is 0 Å². The van der Waals surface area contributed by atoms with E-state index in [9.17, 15) is 21.6 Å². The van der Waals surface area contributed by atoms with Crippen LogP contribution < -0.4 is 4.90 Å². The van der Waals surface area contributed by atoms with E-state index >= 15 is 0 Å². The molecule has 0 radical (unpaired) electrons. The summed E-state index contributed by atoms with van der Waals surface area (Å²) in [5.74, 6) is 0.579. The average molecular weight is 517 g/mol. The SMILES string of the molecule is O=S(=O)(c1ccc(C(F)(F)F)cc1)N1CCN(c2ccc(-c3ccc(Cl)cc3Cl)nn2)CC1. The highest BCUT2D eigenvalue weighted by Crippen LogP contribution is 2.31. The summed E-state index contributed by atoms with van der Waals surface area (Å²) in [5, 5.41) is 9.41. The lowest BCUT2D eigenvalue weighted by Crippen LogP contribution is -2.49. The van der Waals surface area contributed by atoms with Crippen LogP contribution >= 0.6 is 23.2 Å². The van der Waals surface area contributed by atoms with Crippen LogP contribution in [0.4, 0.5) is 19.0 Å². The first-order valence-electron chi connectivity index (χ1n) is 9.77. The molecule has 6 nitrogen and oxygen atoms in total. The van der Waals surface area contributed by atoms with Crippen LogP contribution in [0.5, 0.6) is 0 Å². The number of nitrogens with zero attached hydrogens (tertiary/aromatic N) is 4. The molecule has 1 aliphatic heterocycles. The summed E-state index contributed by atoms with van der Waals surface area (Å²) in [5.41, 5.74) is 0.365. The van der Waals surface area contributed by atoms with Gasteiger partial charge in [0.05, 0.1) is 21.2 Å². The van der Waals surface area contributed by atoms with E-state index in [2.05, 4.69) is 10.2 Å². The van der Waals surface area contributed by atoms with Gasteiger partial charge in [-0.1, -0.05) is 23.2 Å². The van der Waals surface area contributed by atoms with Gasteiger partial charge in [0.15, 0.2) is 5.82 Å². The van der Waals surface area contributed by atoms with Gasteiger partial charge in [0.1, 0.15) is 0 Å². The maximum Gasteiger partial charge on any atom is 0.416 e. The molecule has 0 atom stereocenters. The van der Waals surface area contributed by atoms with Crippen molar-refractivity contribution >= 4 is 39.0 Å². The van der Waals surface area contributed by atoms with E-state index in [0.29, 0.717) is 40.2 Å². The minimum Gasteiger partial charge on any atom is -0.352 e. The topological polar surface area (TPSA) is 66.4 Å². The number of hydrogen-bond acceptors (Lipinski definition) is 5. The molecule has 0 spiro atoms. The average Bonchev–Trinajstić information content (AvgIpc) is 2.79. The van der Waals surface area contributed by atoms with Gasteiger partial charge < -0.3 is 4.90 Å². The molecule has 1 aromatic heterocycles. The Balaban J connectivity index is 1.43. The van der Waals surface area contributed by atoms with Crippen LogP contribution in [0, 0.1) is 0 Å². The van der Waals surface area contributed by atoms with Crippen LogP contribution in [-0.2, 0) is 16.2 Å². The molecule has 3 aromatic rings. The Labute approximate surface area is 198 Å². The number of alkyl halides is 3.